The molecule has 0 aliphatic carbocycles. The average molecular weight is 501 g/mol. The van der Waals surface area contributed by atoms with Crippen LogP contribution in [0.1, 0.15) is 15.9 Å². The number of fused-ring (bicyclic) bond motifs is 3. The molecule has 9 heteroatoms. The third-order valence-electron chi connectivity index (χ3n) is 6.48. The van der Waals surface area contributed by atoms with E-state index >= 15 is 0 Å². The van der Waals surface area contributed by atoms with E-state index in [9.17, 15) is 9.18 Å². The van der Waals surface area contributed by atoms with Gasteiger partial charge in [0.1, 0.15) is 5.82 Å². The van der Waals surface area contributed by atoms with Crippen LogP contribution in [0.4, 0.5) is 10.3 Å². The van der Waals surface area contributed by atoms with E-state index in [1.54, 1.807) is 17.0 Å². The lowest BCUT2D eigenvalue weighted by molar-refractivity contribution is 0.0745. The number of piperazine rings is 1. The maximum Gasteiger partial charge on any atom is 0.254 e. The molecule has 0 N–H and O–H groups in total. The van der Waals surface area contributed by atoms with Crippen LogP contribution in [-0.2, 0) is 0 Å². The zero-order valence-electron chi connectivity index (χ0n) is 19.5. The van der Waals surface area contributed by atoms with Crippen LogP contribution < -0.4 is 4.90 Å². The minimum atomic E-state index is -0.419. The summed E-state index contributed by atoms with van der Waals surface area (Å²) in [5.41, 5.74) is 3.84. The molecule has 1 amide bonds. The van der Waals surface area contributed by atoms with Crippen molar-refractivity contribution < 1.29 is 9.18 Å². The fraction of sp³-hybridized carbons (Fsp3) is 0.185. The first-order valence-electron chi connectivity index (χ1n) is 11.7. The Morgan fingerprint density at radius 2 is 1.75 bits per heavy atom. The highest BCUT2D eigenvalue weighted by Gasteiger charge is 2.26. The molecule has 6 rings (SSSR count). The topological polar surface area (TPSA) is 66.6 Å². The molecule has 0 unspecified atom stereocenters. The fourth-order valence-corrected chi connectivity index (χ4v) is 4.86. The van der Waals surface area contributed by atoms with Gasteiger partial charge in [-0.25, -0.2) is 13.8 Å². The summed E-state index contributed by atoms with van der Waals surface area (Å²) in [4.78, 5) is 21.8. The number of nitrogens with zero attached hydrogens (tertiary/aromatic N) is 6. The van der Waals surface area contributed by atoms with Gasteiger partial charge in [-0.2, -0.15) is 0 Å². The van der Waals surface area contributed by atoms with Crippen molar-refractivity contribution in [3.8, 4) is 11.4 Å². The van der Waals surface area contributed by atoms with Crippen molar-refractivity contribution >= 4 is 40.0 Å². The van der Waals surface area contributed by atoms with Gasteiger partial charge in [-0.05, 0) is 49.4 Å². The Morgan fingerprint density at radius 1 is 0.944 bits per heavy atom. The second kappa shape index (κ2) is 8.87. The third-order valence-corrected chi connectivity index (χ3v) is 6.72. The summed E-state index contributed by atoms with van der Waals surface area (Å²) >= 11 is 6.28. The van der Waals surface area contributed by atoms with Gasteiger partial charge in [0.2, 0.25) is 5.95 Å². The highest BCUT2D eigenvalue weighted by molar-refractivity contribution is 6.31. The lowest BCUT2D eigenvalue weighted by Gasteiger charge is -2.35. The number of benzene rings is 3. The van der Waals surface area contributed by atoms with Gasteiger partial charge < -0.3 is 9.80 Å². The van der Waals surface area contributed by atoms with E-state index in [4.69, 9.17) is 16.6 Å². The number of carbonyl (C=O) groups excluding carboxylic acids is 1. The molecule has 0 spiro atoms. The molecule has 1 aliphatic heterocycles. The maximum absolute atomic E-state index is 13.6. The van der Waals surface area contributed by atoms with Gasteiger partial charge >= 0.3 is 0 Å². The SMILES string of the molecule is Cc1cccc(-c2nnc3c4ccc(Cl)cc4nc(N4CCN(C(=O)c5cccc(F)c5)CC4)n23)c1. The molecule has 0 saturated carbocycles. The molecule has 0 radical (unpaired) electrons. The molecule has 180 valence electrons. The second-order valence-corrected chi connectivity index (χ2v) is 9.35. The summed E-state index contributed by atoms with van der Waals surface area (Å²) in [6.45, 7) is 4.11. The lowest BCUT2D eigenvalue weighted by atomic mass is 10.1. The lowest BCUT2D eigenvalue weighted by Crippen LogP contribution is -2.49. The largest absolute Gasteiger partial charge is 0.338 e. The molecule has 1 saturated heterocycles. The number of anilines is 1. The molecule has 3 aromatic carbocycles. The van der Waals surface area contributed by atoms with Crippen molar-refractivity contribution in [1.29, 1.82) is 0 Å². The standard InChI is InChI=1S/C27H22ClFN6O/c1-17-4-2-5-18(14-17)24-31-32-25-22-9-8-20(28)16-23(22)30-27(35(24)25)34-12-10-33(11-13-34)26(36)19-6-3-7-21(29)15-19/h2-9,14-16H,10-13H2,1H3. The summed E-state index contributed by atoms with van der Waals surface area (Å²) < 4.78 is 15.6. The summed E-state index contributed by atoms with van der Waals surface area (Å²) in [5.74, 6) is 0.796. The summed E-state index contributed by atoms with van der Waals surface area (Å²) in [6.07, 6.45) is 0. The smallest absolute Gasteiger partial charge is 0.254 e. The number of carbonyl (C=O) groups is 1. The average Bonchev–Trinajstić information content (AvgIpc) is 3.33. The van der Waals surface area contributed by atoms with E-state index in [0.29, 0.717) is 54.2 Å². The minimum absolute atomic E-state index is 0.178. The van der Waals surface area contributed by atoms with Gasteiger partial charge in [0.15, 0.2) is 11.5 Å². The van der Waals surface area contributed by atoms with Gasteiger partial charge in [-0.3, -0.25) is 4.79 Å². The van der Waals surface area contributed by atoms with Crippen molar-refractivity contribution in [1.82, 2.24) is 24.5 Å². The van der Waals surface area contributed by atoms with E-state index in [1.165, 1.54) is 12.1 Å². The van der Waals surface area contributed by atoms with Crippen LogP contribution in [0.3, 0.4) is 0 Å². The van der Waals surface area contributed by atoms with E-state index < -0.39 is 5.82 Å². The van der Waals surface area contributed by atoms with Crippen LogP contribution in [0.5, 0.6) is 0 Å². The van der Waals surface area contributed by atoms with Crippen LogP contribution >= 0.6 is 11.6 Å². The second-order valence-electron chi connectivity index (χ2n) is 8.91. The molecule has 36 heavy (non-hydrogen) atoms. The Bertz CT molecular complexity index is 1630. The van der Waals surface area contributed by atoms with Crippen molar-refractivity contribution in [3.63, 3.8) is 0 Å². The van der Waals surface area contributed by atoms with E-state index in [1.807, 2.05) is 47.7 Å². The minimum Gasteiger partial charge on any atom is -0.338 e. The van der Waals surface area contributed by atoms with Crippen LogP contribution in [0.25, 0.3) is 27.9 Å². The van der Waals surface area contributed by atoms with Gasteiger partial charge in [0.25, 0.3) is 5.91 Å². The Kier molecular flexibility index (Phi) is 5.53. The molecular formula is C27H22ClFN6O. The van der Waals surface area contributed by atoms with Crippen LogP contribution in [0, 0.1) is 12.7 Å². The van der Waals surface area contributed by atoms with Crippen molar-refractivity contribution in [3.05, 3.63) is 88.7 Å². The summed E-state index contributed by atoms with van der Waals surface area (Å²) in [7, 11) is 0. The Labute approximate surface area is 211 Å². The number of aromatic nitrogens is 4. The number of rotatable bonds is 3. The van der Waals surface area contributed by atoms with E-state index in [0.717, 1.165) is 22.0 Å². The molecule has 0 bridgehead atoms. The number of hydrogen-bond acceptors (Lipinski definition) is 5. The van der Waals surface area contributed by atoms with Crippen LogP contribution in [-0.4, -0.2) is 56.6 Å². The predicted molar refractivity (Wildman–Crippen MR) is 138 cm³/mol. The number of amides is 1. The molecule has 1 fully saturated rings. The van der Waals surface area contributed by atoms with Crippen molar-refractivity contribution in [2.45, 2.75) is 6.92 Å². The fourth-order valence-electron chi connectivity index (χ4n) is 4.69. The predicted octanol–water partition coefficient (Wildman–Crippen LogP) is 5.01. The van der Waals surface area contributed by atoms with E-state index in [2.05, 4.69) is 21.2 Å². The highest BCUT2D eigenvalue weighted by atomic mass is 35.5. The van der Waals surface area contributed by atoms with Crippen molar-refractivity contribution in [2.24, 2.45) is 0 Å². The molecule has 2 aromatic heterocycles. The quantitative estimate of drug-likeness (QED) is 0.348. The molecule has 0 atom stereocenters. The molecule has 7 nitrogen and oxygen atoms in total. The molecule has 3 heterocycles. The van der Waals surface area contributed by atoms with Gasteiger partial charge in [-0.1, -0.05) is 41.4 Å². The maximum atomic E-state index is 13.6. The first kappa shape index (κ1) is 22.4. The normalized spacial score (nSPS) is 14.1. The Morgan fingerprint density at radius 3 is 2.53 bits per heavy atom. The van der Waals surface area contributed by atoms with Crippen LogP contribution in [0.15, 0.2) is 66.7 Å². The summed E-state index contributed by atoms with van der Waals surface area (Å²) in [5, 5.41) is 10.5. The number of aryl methyl sites for hydroxylation is 1. The van der Waals surface area contributed by atoms with Crippen molar-refractivity contribution in [2.75, 3.05) is 31.1 Å². The number of halogens is 2. The van der Waals surface area contributed by atoms with Gasteiger partial charge in [0, 0.05) is 47.7 Å². The highest BCUT2D eigenvalue weighted by Crippen LogP contribution is 2.30. The first-order chi connectivity index (χ1) is 17.5. The first-order valence-corrected chi connectivity index (χ1v) is 12.1. The monoisotopic (exact) mass is 500 g/mol. The Hall–Kier alpha value is -4.04. The molecule has 1 aliphatic rings. The third kappa shape index (κ3) is 3.93. The van der Waals surface area contributed by atoms with Gasteiger partial charge in [0.05, 0.1) is 5.52 Å². The number of hydrogen-bond donors (Lipinski definition) is 0. The van der Waals surface area contributed by atoms with Crippen LogP contribution in [0.2, 0.25) is 5.02 Å². The molecular weight excluding hydrogens is 479 g/mol. The molecule has 5 aromatic rings. The zero-order valence-corrected chi connectivity index (χ0v) is 20.3. The summed E-state index contributed by atoms with van der Waals surface area (Å²) in [6, 6.07) is 19.5. The zero-order chi connectivity index (χ0) is 24.8. The Balaban J connectivity index is 1.40. The van der Waals surface area contributed by atoms with E-state index in [-0.39, 0.29) is 5.91 Å². The van der Waals surface area contributed by atoms with Gasteiger partial charge in [-0.15, -0.1) is 10.2 Å².